The van der Waals surface area contributed by atoms with Crippen LogP contribution in [0.2, 0.25) is 0 Å². The normalized spacial score (nSPS) is 13.1. The number of carbonyl (C=O) groups excluding carboxylic acids is 1. The van der Waals surface area contributed by atoms with Gasteiger partial charge in [-0.25, -0.2) is 4.79 Å². The molecule has 1 aliphatic heterocycles. The molecule has 0 aliphatic carbocycles. The lowest BCUT2D eigenvalue weighted by atomic mass is 9.87. The Balaban J connectivity index is 1.59. The fourth-order valence-corrected chi connectivity index (χ4v) is 4.05. The van der Waals surface area contributed by atoms with Crippen molar-refractivity contribution < 1.29 is 32.9 Å². The molecule has 1 amide bonds. The molecular formula is C25H21NO8. The summed E-state index contributed by atoms with van der Waals surface area (Å²) in [5.74, 6) is 0.360. The summed E-state index contributed by atoms with van der Waals surface area (Å²) in [6.07, 6.45) is 1.36. The van der Waals surface area contributed by atoms with E-state index in [1.807, 2.05) is 0 Å². The van der Waals surface area contributed by atoms with Gasteiger partial charge < -0.3 is 33.5 Å². The SMILES string of the molecule is COc1cc([C@H](CC(=O)NCc2ccco2)c2c(O)c3ccccc3oc2=O)cc2c1OCO2. The number of furan rings is 1. The molecule has 0 spiro atoms. The van der Waals surface area contributed by atoms with E-state index in [2.05, 4.69) is 5.32 Å². The second-order valence-electron chi connectivity index (χ2n) is 7.72. The lowest BCUT2D eigenvalue weighted by molar-refractivity contribution is -0.121. The van der Waals surface area contributed by atoms with E-state index >= 15 is 0 Å². The van der Waals surface area contributed by atoms with Crippen LogP contribution in [-0.4, -0.2) is 24.9 Å². The molecule has 9 heteroatoms. The number of hydrogen-bond donors (Lipinski definition) is 2. The van der Waals surface area contributed by atoms with Crippen LogP contribution in [0.3, 0.4) is 0 Å². The monoisotopic (exact) mass is 463 g/mol. The van der Waals surface area contributed by atoms with Crippen LogP contribution >= 0.6 is 0 Å². The van der Waals surface area contributed by atoms with E-state index in [4.69, 9.17) is 23.0 Å². The van der Waals surface area contributed by atoms with E-state index < -0.39 is 11.5 Å². The summed E-state index contributed by atoms with van der Waals surface area (Å²) in [5.41, 5.74) is -0.00500. The Morgan fingerprint density at radius 2 is 2.03 bits per heavy atom. The third-order valence-corrected chi connectivity index (χ3v) is 5.68. The fourth-order valence-electron chi connectivity index (χ4n) is 4.05. The van der Waals surface area contributed by atoms with Gasteiger partial charge in [0.25, 0.3) is 0 Å². The Bertz CT molecular complexity index is 1410. The highest BCUT2D eigenvalue weighted by Gasteiger charge is 2.30. The Kier molecular flexibility index (Phi) is 5.59. The van der Waals surface area contributed by atoms with Gasteiger partial charge >= 0.3 is 5.63 Å². The summed E-state index contributed by atoms with van der Waals surface area (Å²) in [7, 11) is 1.48. The molecule has 5 rings (SSSR count). The van der Waals surface area contributed by atoms with Gasteiger partial charge in [0.2, 0.25) is 18.4 Å². The minimum atomic E-state index is -0.860. The number of amides is 1. The van der Waals surface area contributed by atoms with E-state index in [0.717, 1.165) is 0 Å². The van der Waals surface area contributed by atoms with Gasteiger partial charge in [-0.3, -0.25) is 4.79 Å². The van der Waals surface area contributed by atoms with Gasteiger partial charge in [0.05, 0.1) is 30.9 Å². The molecule has 0 unspecified atom stereocenters. The van der Waals surface area contributed by atoms with Crippen molar-refractivity contribution in [1.29, 1.82) is 0 Å². The van der Waals surface area contributed by atoms with Crippen LogP contribution in [-0.2, 0) is 11.3 Å². The van der Waals surface area contributed by atoms with Gasteiger partial charge in [-0.15, -0.1) is 0 Å². The summed E-state index contributed by atoms with van der Waals surface area (Å²) in [6.45, 7) is 0.203. The highest BCUT2D eigenvalue weighted by Crippen LogP contribution is 2.45. The average Bonchev–Trinajstić information content (AvgIpc) is 3.53. The van der Waals surface area contributed by atoms with Gasteiger partial charge in [-0.05, 0) is 42.0 Å². The van der Waals surface area contributed by atoms with Crippen molar-refractivity contribution in [1.82, 2.24) is 5.32 Å². The summed E-state index contributed by atoms with van der Waals surface area (Å²) in [4.78, 5) is 25.9. The van der Waals surface area contributed by atoms with E-state index in [-0.39, 0.29) is 42.6 Å². The number of ether oxygens (including phenoxy) is 3. The summed E-state index contributed by atoms with van der Waals surface area (Å²) >= 11 is 0. The van der Waals surface area contributed by atoms with E-state index in [0.29, 0.717) is 34.0 Å². The molecule has 0 bridgehead atoms. The number of hydrogen-bond acceptors (Lipinski definition) is 8. The van der Waals surface area contributed by atoms with Crippen molar-refractivity contribution in [3.8, 4) is 23.0 Å². The van der Waals surface area contributed by atoms with Crippen molar-refractivity contribution in [3.63, 3.8) is 0 Å². The second-order valence-corrected chi connectivity index (χ2v) is 7.72. The van der Waals surface area contributed by atoms with Crippen LogP contribution in [0.15, 0.2) is 68.4 Å². The smallest absolute Gasteiger partial charge is 0.343 e. The molecule has 0 saturated carbocycles. The van der Waals surface area contributed by atoms with Gasteiger partial charge in [0.1, 0.15) is 17.1 Å². The highest BCUT2D eigenvalue weighted by atomic mass is 16.7. The first-order chi connectivity index (χ1) is 16.5. The Labute approximate surface area is 193 Å². The maximum absolute atomic E-state index is 13.0. The maximum Gasteiger partial charge on any atom is 0.343 e. The fraction of sp³-hybridized carbons (Fsp3) is 0.200. The lowest BCUT2D eigenvalue weighted by Gasteiger charge is -2.19. The van der Waals surface area contributed by atoms with Crippen molar-refractivity contribution >= 4 is 16.9 Å². The van der Waals surface area contributed by atoms with Crippen LogP contribution < -0.4 is 25.2 Å². The standard InChI is InChI=1S/C25H21NO8/c1-30-19-9-14(10-20-24(19)33-13-32-20)17(11-21(27)26-12-15-5-4-8-31-15)22-23(28)16-6-2-3-7-18(16)34-25(22)29/h2-10,17,28H,11-13H2,1H3,(H,26,27)/t17-/m0/s1. The van der Waals surface area contributed by atoms with Gasteiger partial charge in [-0.2, -0.15) is 0 Å². The van der Waals surface area contributed by atoms with Crippen LogP contribution in [0.4, 0.5) is 0 Å². The number of aromatic hydroxyl groups is 1. The Morgan fingerprint density at radius 1 is 1.18 bits per heavy atom. The second kappa shape index (κ2) is 8.86. The number of benzene rings is 2. The van der Waals surface area contributed by atoms with Crippen molar-refractivity contribution in [3.05, 3.63) is 82.1 Å². The predicted octanol–water partition coefficient (Wildman–Crippen LogP) is 3.67. The number of methoxy groups -OCH3 is 1. The number of carbonyl (C=O) groups is 1. The summed E-state index contributed by atoms with van der Waals surface area (Å²) < 4.78 is 27.1. The molecule has 2 aromatic carbocycles. The summed E-state index contributed by atoms with van der Waals surface area (Å²) in [5, 5.41) is 14.2. The third-order valence-electron chi connectivity index (χ3n) is 5.68. The van der Waals surface area contributed by atoms with Crippen LogP contribution in [0.5, 0.6) is 23.0 Å². The van der Waals surface area contributed by atoms with Crippen molar-refractivity contribution in [2.45, 2.75) is 18.9 Å². The van der Waals surface area contributed by atoms with Crippen LogP contribution in [0, 0.1) is 0 Å². The largest absolute Gasteiger partial charge is 0.507 e. The Morgan fingerprint density at radius 3 is 2.82 bits per heavy atom. The first-order valence-corrected chi connectivity index (χ1v) is 10.6. The minimum absolute atomic E-state index is 0.0206. The quantitative estimate of drug-likeness (QED) is 0.399. The van der Waals surface area contributed by atoms with Gasteiger partial charge in [0.15, 0.2) is 11.5 Å². The number of nitrogens with one attached hydrogen (secondary N) is 1. The molecule has 0 saturated heterocycles. The molecule has 1 aliphatic rings. The topological polar surface area (TPSA) is 120 Å². The van der Waals surface area contributed by atoms with Crippen molar-refractivity contribution in [2.24, 2.45) is 0 Å². The average molecular weight is 463 g/mol. The molecular weight excluding hydrogens is 442 g/mol. The molecule has 2 aromatic heterocycles. The van der Waals surface area contributed by atoms with Crippen molar-refractivity contribution in [2.75, 3.05) is 13.9 Å². The molecule has 4 aromatic rings. The molecule has 3 heterocycles. The zero-order valence-corrected chi connectivity index (χ0v) is 18.2. The van der Waals surface area contributed by atoms with E-state index in [9.17, 15) is 14.7 Å². The summed E-state index contributed by atoms with van der Waals surface area (Å²) in [6, 6.07) is 13.5. The van der Waals surface area contributed by atoms with Gasteiger partial charge in [-0.1, -0.05) is 12.1 Å². The zero-order valence-electron chi connectivity index (χ0n) is 18.2. The van der Waals surface area contributed by atoms with E-state index in [1.165, 1.54) is 13.4 Å². The number of fused-ring (bicyclic) bond motifs is 2. The maximum atomic E-state index is 13.0. The molecule has 1 atom stereocenters. The lowest BCUT2D eigenvalue weighted by Crippen LogP contribution is -2.26. The first kappa shape index (κ1) is 21.4. The molecule has 0 radical (unpaired) electrons. The molecule has 2 N–H and O–H groups in total. The highest BCUT2D eigenvalue weighted by molar-refractivity contribution is 5.85. The molecule has 0 fully saturated rings. The first-order valence-electron chi connectivity index (χ1n) is 10.6. The van der Waals surface area contributed by atoms with Crippen LogP contribution in [0.1, 0.15) is 29.2 Å². The number of para-hydroxylation sites is 1. The number of rotatable bonds is 7. The van der Waals surface area contributed by atoms with E-state index in [1.54, 1.807) is 48.5 Å². The van der Waals surface area contributed by atoms with Crippen LogP contribution in [0.25, 0.3) is 11.0 Å². The minimum Gasteiger partial charge on any atom is -0.507 e. The molecule has 9 nitrogen and oxygen atoms in total. The Hall–Kier alpha value is -4.40. The predicted molar refractivity (Wildman–Crippen MR) is 120 cm³/mol. The third kappa shape index (κ3) is 3.92. The molecule has 174 valence electrons. The molecule has 34 heavy (non-hydrogen) atoms. The zero-order chi connectivity index (χ0) is 23.7. The van der Waals surface area contributed by atoms with Gasteiger partial charge in [0, 0.05) is 12.3 Å².